The molecule has 1 aromatic carbocycles. The number of hydrogen-bond donors (Lipinski definition) is 2. The van der Waals surface area contributed by atoms with Crippen molar-refractivity contribution in [3.8, 4) is 5.75 Å². The second-order valence-electron chi connectivity index (χ2n) is 5.53. The molecule has 2 N–H and O–H groups in total. The van der Waals surface area contributed by atoms with E-state index in [-0.39, 0.29) is 0 Å². The second-order valence-corrected chi connectivity index (χ2v) is 5.53. The summed E-state index contributed by atoms with van der Waals surface area (Å²) in [5, 5.41) is 20.8. The Kier molecular flexibility index (Phi) is 4.04. The van der Waals surface area contributed by atoms with Crippen molar-refractivity contribution in [2.45, 2.75) is 50.0 Å². The van der Waals surface area contributed by atoms with Crippen molar-refractivity contribution in [3.63, 3.8) is 0 Å². The van der Waals surface area contributed by atoms with Gasteiger partial charge in [-0.3, -0.25) is 4.79 Å². The first-order valence-corrected chi connectivity index (χ1v) is 7.10. The van der Waals surface area contributed by atoms with Crippen LogP contribution in [0.4, 0.5) is 0 Å². The SMILES string of the molecule is CCC1(O)CCCCC1(C(=O)O)c1ccc(OC)cc1. The van der Waals surface area contributed by atoms with Crippen molar-refractivity contribution >= 4 is 5.97 Å². The Bertz CT molecular complexity index is 482. The first-order chi connectivity index (χ1) is 9.50. The van der Waals surface area contributed by atoms with Gasteiger partial charge in [-0.1, -0.05) is 31.9 Å². The lowest BCUT2D eigenvalue weighted by Gasteiger charge is -2.47. The first-order valence-electron chi connectivity index (χ1n) is 7.10. The Balaban J connectivity index is 2.54. The summed E-state index contributed by atoms with van der Waals surface area (Å²) >= 11 is 0. The molecule has 0 aliphatic heterocycles. The van der Waals surface area contributed by atoms with Crippen LogP contribution in [0, 0.1) is 0 Å². The van der Waals surface area contributed by atoms with Crippen molar-refractivity contribution < 1.29 is 19.7 Å². The molecule has 110 valence electrons. The molecule has 0 aromatic heterocycles. The average molecular weight is 278 g/mol. The van der Waals surface area contributed by atoms with Crippen molar-refractivity contribution in [1.29, 1.82) is 0 Å². The minimum absolute atomic E-state index is 0.436. The van der Waals surface area contributed by atoms with Gasteiger partial charge in [-0.2, -0.15) is 0 Å². The van der Waals surface area contributed by atoms with Crippen LogP contribution in [0.1, 0.15) is 44.6 Å². The highest BCUT2D eigenvalue weighted by atomic mass is 16.5. The van der Waals surface area contributed by atoms with Gasteiger partial charge in [0, 0.05) is 0 Å². The van der Waals surface area contributed by atoms with Gasteiger partial charge in [-0.25, -0.2) is 0 Å². The number of rotatable bonds is 4. The summed E-state index contributed by atoms with van der Waals surface area (Å²) in [6, 6.07) is 7.03. The summed E-state index contributed by atoms with van der Waals surface area (Å²) in [4.78, 5) is 12.0. The van der Waals surface area contributed by atoms with Crippen LogP contribution in [-0.4, -0.2) is 28.9 Å². The molecule has 20 heavy (non-hydrogen) atoms. The summed E-state index contributed by atoms with van der Waals surface area (Å²) in [7, 11) is 1.57. The van der Waals surface area contributed by atoms with E-state index < -0.39 is 17.0 Å². The van der Waals surface area contributed by atoms with E-state index in [1.165, 1.54) is 0 Å². The van der Waals surface area contributed by atoms with Gasteiger partial charge in [-0.05, 0) is 37.0 Å². The molecular weight excluding hydrogens is 256 g/mol. The molecule has 1 aromatic rings. The number of methoxy groups -OCH3 is 1. The summed E-state index contributed by atoms with van der Waals surface area (Å²) in [5.74, 6) is -0.253. The third kappa shape index (κ3) is 2.08. The fourth-order valence-electron chi connectivity index (χ4n) is 3.45. The Morgan fingerprint density at radius 2 is 1.85 bits per heavy atom. The number of benzene rings is 1. The molecule has 0 heterocycles. The van der Waals surface area contributed by atoms with Crippen LogP contribution >= 0.6 is 0 Å². The molecule has 0 spiro atoms. The van der Waals surface area contributed by atoms with E-state index >= 15 is 0 Å². The predicted octanol–water partition coefficient (Wildman–Crippen LogP) is 2.73. The van der Waals surface area contributed by atoms with Crippen molar-refractivity contribution in [1.82, 2.24) is 0 Å². The first kappa shape index (κ1) is 14.9. The molecule has 1 saturated carbocycles. The monoisotopic (exact) mass is 278 g/mol. The highest BCUT2D eigenvalue weighted by molar-refractivity contribution is 5.83. The highest BCUT2D eigenvalue weighted by Gasteiger charge is 2.57. The molecule has 4 nitrogen and oxygen atoms in total. The third-order valence-electron chi connectivity index (χ3n) is 4.72. The molecule has 0 amide bonds. The van der Waals surface area contributed by atoms with E-state index in [0.29, 0.717) is 30.6 Å². The van der Waals surface area contributed by atoms with Crippen molar-refractivity contribution in [2.75, 3.05) is 7.11 Å². The van der Waals surface area contributed by atoms with E-state index in [2.05, 4.69) is 0 Å². The average Bonchev–Trinajstić information content (AvgIpc) is 2.47. The minimum Gasteiger partial charge on any atom is -0.497 e. The number of aliphatic carboxylic acids is 1. The fraction of sp³-hybridized carbons (Fsp3) is 0.562. The highest BCUT2D eigenvalue weighted by Crippen LogP contribution is 2.48. The topological polar surface area (TPSA) is 66.8 Å². The van der Waals surface area contributed by atoms with Gasteiger partial charge in [0.15, 0.2) is 0 Å². The predicted molar refractivity (Wildman–Crippen MR) is 76.0 cm³/mol. The van der Waals surface area contributed by atoms with Gasteiger partial charge >= 0.3 is 5.97 Å². The molecule has 0 radical (unpaired) electrons. The van der Waals surface area contributed by atoms with Crippen LogP contribution in [0.5, 0.6) is 5.75 Å². The fourth-order valence-corrected chi connectivity index (χ4v) is 3.45. The smallest absolute Gasteiger partial charge is 0.317 e. The molecule has 2 rings (SSSR count). The summed E-state index contributed by atoms with van der Waals surface area (Å²) in [5.41, 5.74) is -1.74. The molecule has 2 atom stereocenters. The lowest BCUT2D eigenvalue weighted by Crippen LogP contribution is -2.58. The Labute approximate surface area is 119 Å². The van der Waals surface area contributed by atoms with Gasteiger partial charge in [0.25, 0.3) is 0 Å². The molecule has 0 bridgehead atoms. The normalized spacial score (nSPS) is 29.9. The summed E-state index contributed by atoms with van der Waals surface area (Å²) < 4.78 is 5.12. The second kappa shape index (κ2) is 5.44. The molecule has 0 saturated heterocycles. The summed E-state index contributed by atoms with van der Waals surface area (Å²) in [6.45, 7) is 1.85. The van der Waals surface area contributed by atoms with E-state index in [0.717, 1.165) is 12.8 Å². The zero-order valence-corrected chi connectivity index (χ0v) is 12.1. The lowest BCUT2D eigenvalue weighted by atomic mass is 9.58. The zero-order valence-electron chi connectivity index (χ0n) is 12.1. The molecular formula is C16H22O4. The minimum atomic E-state index is -1.22. The summed E-state index contributed by atoms with van der Waals surface area (Å²) in [6.07, 6.45) is 3.13. The molecule has 1 aliphatic carbocycles. The number of hydrogen-bond acceptors (Lipinski definition) is 3. The zero-order chi connectivity index (χ0) is 14.8. The maximum atomic E-state index is 12.0. The quantitative estimate of drug-likeness (QED) is 0.888. The standard InChI is InChI=1S/C16H22O4/c1-3-15(19)10-4-5-11-16(15,14(17)18)12-6-8-13(20-2)9-7-12/h6-9,19H,3-5,10-11H2,1-2H3,(H,17,18). The van der Waals surface area contributed by atoms with Crippen molar-refractivity contribution in [2.24, 2.45) is 0 Å². The third-order valence-corrected chi connectivity index (χ3v) is 4.72. The lowest BCUT2D eigenvalue weighted by molar-refractivity contribution is -0.162. The Hall–Kier alpha value is -1.55. The van der Waals surface area contributed by atoms with Gasteiger partial charge in [0.2, 0.25) is 0 Å². The van der Waals surface area contributed by atoms with E-state index in [4.69, 9.17) is 4.74 Å². The number of aliphatic hydroxyl groups is 1. The van der Waals surface area contributed by atoms with Crippen LogP contribution < -0.4 is 4.74 Å². The van der Waals surface area contributed by atoms with Crippen LogP contribution in [0.15, 0.2) is 24.3 Å². The van der Waals surface area contributed by atoms with Crippen LogP contribution in [0.3, 0.4) is 0 Å². The maximum absolute atomic E-state index is 12.0. The molecule has 4 heteroatoms. The molecule has 1 aliphatic rings. The van der Waals surface area contributed by atoms with Gasteiger partial charge in [0.05, 0.1) is 12.7 Å². The van der Waals surface area contributed by atoms with E-state index in [9.17, 15) is 15.0 Å². The van der Waals surface area contributed by atoms with Crippen molar-refractivity contribution in [3.05, 3.63) is 29.8 Å². The molecule has 2 unspecified atom stereocenters. The largest absolute Gasteiger partial charge is 0.497 e. The number of carboxylic acid groups (broad SMARTS) is 1. The van der Waals surface area contributed by atoms with Gasteiger partial charge in [-0.15, -0.1) is 0 Å². The molecule has 1 fully saturated rings. The van der Waals surface area contributed by atoms with E-state index in [1.807, 2.05) is 6.92 Å². The number of carbonyl (C=O) groups is 1. The maximum Gasteiger partial charge on any atom is 0.317 e. The number of carboxylic acids is 1. The number of ether oxygens (including phenoxy) is 1. The van der Waals surface area contributed by atoms with Crippen LogP contribution in [0.25, 0.3) is 0 Å². The van der Waals surface area contributed by atoms with Crippen LogP contribution in [-0.2, 0) is 10.2 Å². The Morgan fingerprint density at radius 1 is 1.25 bits per heavy atom. The van der Waals surface area contributed by atoms with Gasteiger partial charge < -0.3 is 14.9 Å². The van der Waals surface area contributed by atoms with Gasteiger partial charge in [0.1, 0.15) is 11.2 Å². The van der Waals surface area contributed by atoms with E-state index in [1.54, 1.807) is 31.4 Å². The van der Waals surface area contributed by atoms with Crippen LogP contribution in [0.2, 0.25) is 0 Å². The Morgan fingerprint density at radius 3 is 2.35 bits per heavy atom.